The van der Waals surface area contributed by atoms with Gasteiger partial charge in [-0.25, -0.2) is 4.79 Å². The molecule has 0 saturated heterocycles. The van der Waals surface area contributed by atoms with E-state index >= 15 is 0 Å². The second kappa shape index (κ2) is 7.78. The van der Waals surface area contributed by atoms with Crippen LogP contribution >= 0.6 is 15.9 Å². The first-order valence-electron chi connectivity index (χ1n) is 8.11. The number of carbonyl (C=O) groups is 1. The third-order valence-electron chi connectivity index (χ3n) is 4.34. The fraction of sp³-hybridized carbons (Fsp3) is 0.316. The number of nitrogens with zero attached hydrogens (tertiary/aromatic N) is 1. The van der Waals surface area contributed by atoms with E-state index in [-0.39, 0.29) is 6.03 Å². The summed E-state index contributed by atoms with van der Waals surface area (Å²) >= 11 is 3.44. The molecule has 2 amide bonds. The predicted octanol–water partition coefficient (Wildman–Crippen LogP) is 3.73. The van der Waals surface area contributed by atoms with Gasteiger partial charge in [-0.1, -0.05) is 28.1 Å². The zero-order chi connectivity index (χ0) is 17.8. The van der Waals surface area contributed by atoms with Crippen LogP contribution in [0.2, 0.25) is 0 Å². The van der Waals surface area contributed by atoms with Crippen LogP contribution in [-0.4, -0.2) is 31.7 Å². The van der Waals surface area contributed by atoms with Crippen molar-refractivity contribution in [2.75, 3.05) is 20.8 Å². The highest BCUT2D eigenvalue weighted by atomic mass is 79.9. The van der Waals surface area contributed by atoms with Crippen LogP contribution < -0.4 is 14.8 Å². The summed E-state index contributed by atoms with van der Waals surface area (Å²) in [5, 5.41) is 2.99. The van der Waals surface area contributed by atoms with Gasteiger partial charge in [0.2, 0.25) is 0 Å². The van der Waals surface area contributed by atoms with Crippen LogP contribution in [-0.2, 0) is 19.5 Å². The van der Waals surface area contributed by atoms with Gasteiger partial charge in [-0.05, 0) is 47.4 Å². The first kappa shape index (κ1) is 17.6. The van der Waals surface area contributed by atoms with Gasteiger partial charge in [0, 0.05) is 24.1 Å². The van der Waals surface area contributed by atoms with Gasteiger partial charge in [0.25, 0.3) is 0 Å². The summed E-state index contributed by atoms with van der Waals surface area (Å²) in [5.74, 6) is 1.42. The van der Waals surface area contributed by atoms with Gasteiger partial charge in [0.05, 0.1) is 14.2 Å². The van der Waals surface area contributed by atoms with Gasteiger partial charge >= 0.3 is 6.03 Å². The van der Waals surface area contributed by atoms with Crippen molar-refractivity contribution in [2.24, 2.45) is 0 Å². The van der Waals surface area contributed by atoms with E-state index in [1.807, 2.05) is 41.3 Å². The number of nitrogens with one attached hydrogen (secondary N) is 1. The first-order valence-corrected chi connectivity index (χ1v) is 8.91. The summed E-state index contributed by atoms with van der Waals surface area (Å²) in [7, 11) is 3.25. The molecule has 132 valence electrons. The quantitative estimate of drug-likeness (QED) is 0.844. The summed E-state index contributed by atoms with van der Waals surface area (Å²) in [6.07, 6.45) is 0.806. The fourth-order valence-electron chi connectivity index (χ4n) is 2.99. The molecule has 1 aliphatic heterocycles. The number of ether oxygens (including phenoxy) is 2. The number of benzene rings is 2. The Labute approximate surface area is 156 Å². The van der Waals surface area contributed by atoms with E-state index in [2.05, 4.69) is 21.2 Å². The van der Waals surface area contributed by atoms with Crippen molar-refractivity contribution in [3.05, 3.63) is 57.6 Å². The molecule has 1 aliphatic rings. The van der Waals surface area contributed by atoms with Gasteiger partial charge in [-0.2, -0.15) is 0 Å². The maximum Gasteiger partial charge on any atom is 0.317 e. The van der Waals surface area contributed by atoms with Gasteiger partial charge in [-0.15, -0.1) is 0 Å². The molecule has 1 N–H and O–H groups in total. The van der Waals surface area contributed by atoms with E-state index in [1.165, 1.54) is 5.56 Å². The van der Waals surface area contributed by atoms with Gasteiger partial charge < -0.3 is 19.7 Å². The minimum Gasteiger partial charge on any atom is -0.493 e. The molecule has 0 saturated carbocycles. The lowest BCUT2D eigenvalue weighted by atomic mass is 9.99. The standard InChI is InChI=1S/C19H21BrN2O3/c1-24-17-9-14-6-7-22(12-15(14)10-18(17)25-2)19(23)21-11-13-4-3-5-16(20)8-13/h3-5,8-10H,6-7,11-12H2,1-2H3,(H,21,23). The highest BCUT2D eigenvalue weighted by Gasteiger charge is 2.22. The lowest BCUT2D eigenvalue weighted by molar-refractivity contribution is 0.191. The Kier molecular flexibility index (Phi) is 5.48. The molecule has 5 nitrogen and oxygen atoms in total. The lowest BCUT2D eigenvalue weighted by Crippen LogP contribution is -2.42. The molecule has 0 fully saturated rings. The predicted molar refractivity (Wildman–Crippen MR) is 100 cm³/mol. The summed E-state index contributed by atoms with van der Waals surface area (Å²) < 4.78 is 11.7. The Hall–Kier alpha value is -2.21. The van der Waals surface area contributed by atoms with Gasteiger partial charge in [0.1, 0.15) is 0 Å². The molecule has 0 bridgehead atoms. The number of hydrogen-bond donors (Lipinski definition) is 1. The fourth-order valence-corrected chi connectivity index (χ4v) is 3.44. The molecule has 2 aromatic rings. The Morgan fingerprint density at radius 1 is 1.16 bits per heavy atom. The summed E-state index contributed by atoms with van der Waals surface area (Å²) in [6, 6.07) is 11.8. The summed E-state index contributed by atoms with van der Waals surface area (Å²) in [6.45, 7) is 1.76. The number of methoxy groups -OCH3 is 2. The van der Waals surface area contributed by atoms with Crippen molar-refractivity contribution < 1.29 is 14.3 Å². The van der Waals surface area contributed by atoms with E-state index in [0.29, 0.717) is 25.4 Å². The first-order chi connectivity index (χ1) is 12.1. The number of rotatable bonds is 4. The largest absolute Gasteiger partial charge is 0.493 e. The molecule has 0 unspecified atom stereocenters. The van der Waals surface area contributed by atoms with Crippen LogP contribution in [0.15, 0.2) is 40.9 Å². The average Bonchev–Trinajstić information content (AvgIpc) is 2.64. The second-order valence-electron chi connectivity index (χ2n) is 5.94. The number of hydrogen-bond acceptors (Lipinski definition) is 3. The Balaban J connectivity index is 1.66. The number of urea groups is 1. The highest BCUT2D eigenvalue weighted by molar-refractivity contribution is 9.10. The summed E-state index contributed by atoms with van der Waals surface area (Å²) in [4.78, 5) is 14.3. The molecule has 25 heavy (non-hydrogen) atoms. The zero-order valence-corrected chi connectivity index (χ0v) is 15.9. The molecule has 0 radical (unpaired) electrons. The number of halogens is 1. The van der Waals surface area contributed by atoms with Crippen molar-refractivity contribution >= 4 is 22.0 Å². The van der Waals surface area contributed by atoms with Crippen LogP contribution in [0.5, 0.6) is 11.5 Å². The average molecular weight is 405 g/mol. The van der Waals surface area contributed by atoms with Crippen LogP contribution in [0.3, 0.4) is 0 Å². The lowest BCUT2D eigenvalue weighted by Gasteiger charge is -2.29. The molecule has 2 aromatic carbocycles. The van der Waals surface area contributed by atoms with Gasteiger partial charge in [0.15, 0.2) is 11.5 Å². The van der Waals surface area contributed by atoms with Crippen molar-refractivity contribution in [3.63, 3.8) is 0 Å². The van der Waals surface area contributed by atoms with E-state index in [4.69, 9.17) is 9.47 Å². The van der Waals surface area contributed by atoms with Crippen molar-refractivity contribution in [2.45, 2.75) is 19.5 Å². The molecule has 0 aromatic heterocycles. The minimum absolute atomic E-state index is 0.0552. The number of fused-ring (bicyclic) bond motifs is 1. The Bertz CT molecular complexity index is 779. The van der Waals surface area contributed by atoms with Crippen LogP contribution in [0, 0.1) is 0 Å². The SMILES string of the molecule is COc1cc2c(cc1OC)CN(C(=O)NCc1cccc(Br)c1)CC2. The molecule has 0 atom stereocenters. The minimum atomic E-state index is -0.0552. The molecular weight excluding hydrogens is 384 g/mol. The molecule has 0 spiro atoms. The van der Waals surface area contributed by atoms with E-state index in [0.717, 1.165) is 27.8 Å². The van der Waals surface area contributed by atoms with E-state index in [1.54, 1.807) is 14.2 Å². The maximum absolute atomic E-state index is 12.5. The van der Waals surface area contributed by atoms with Crippen LogP contribution in [0.25, 0.3) is 0 Å². The second-order valence-corrected chi connectivity index (χ2v) is 6.85. The Morgan fingerprint density at radius 3 is 2.56 bits per heavy atom. The summed E-state index contributed by atoms with van der Waals surface area (Å²) in [5.41, 5.74) is 3.36. The molecule has 1 heterocycles. The highest BCUT2D eigenvalue weighted by Crippen LogP contribution is 2.33. The molecule has 3 rings (SSSR count). The number of amides is 2. The normalized spacial score (nSPS) is 13.2. The third kappa shape index (κ3) is 4.07. The zero-order valence-electron chi connectivity index (χ0n) is 14.3. The molecule has 6 heteroatoms. The maximum atomic E-state index is 12.5. The van der Waals surface area contributed by atoms with E-state index < -0.39 is 0 Å². The van der Waals surface area contributed by atoms with Crippen molar-refractivity contribution in [3.8, 4) is 11.5 Å². The third-order valence-corrected chi connectivity index (χ3v) is 4.83. The smallest absolute Gasteiger partial charge is 0.317 e. The van der Waals surface area contributed by atoms with Crippen LogP contribution in [0.1, 0.15) is 16.7 Å². The van der Waals surface area contributed by atoms with Crippen molar-refractivity contribution in [1.82, 2.24) is 10.2 Å². The molecular formula is C19H21BrN2O3. The monoisotopic (exact) mass is 404 g/mol. The van der Waals surface area contributed by atoms with Crippen LogP contribution in [0.4, 0.5) is 4.79 Å². The Morgan fingerprint density at radius 2 is 1.88 bits per heavy atom. The van der Waals surface area contributed by atoms with E-state index in [9.17, 15) is 4.79 Å². The number of carbonyl (C=O) groups excluding carboxylic acids is 1. The van der Waals surface area contributed by atoms with Gasteiger partial charge in [-0.3, -0.25) is 0 Å². The van der Waals surface area contributed by atoms with Crippen molar-refractivity contribution in [1.29, 1.82) is 0 Å². The molecule has 0 aliphatic carbocycles. The topological polar surface area (TPSA) is 50.8 Å².